The van der Waals surface area contributed by atoms with Crippen LogP contribution in [0.5, 0.6) is 5.75 Å². The number of amides is 1. The number of nitrogens with zero attached hydrogens (tertiary/aromatic N) is 1. The van der Waals surface area contributed by atoms with Crippen LogP contribution in [0.1, 0.15) is 10.4 Å². The second-order valence-electron chi connectivity index (χ2n) is 4.30. The van der Waals surface area contributed by atoms with Gasteiger partial charge in [0.2, 0.25) is 0 Å². The first kappa shape index (κ1) is 15.1. The smallest absolute Gasteiger partial charge is 0.410 e. The third-order valence-corrected chi connectivity index (χ3v) is 3.54. The highest BCUT2D eigenvalue weighted by Gasteiger charge is 2.12. The van der Waals surface area contributed by atoms with Gasteiger partial charge >= 0.3 is 6.09 Å². The van der Waals surface area contributed by atoms with Gasteiger partial charge in [0, 0.05) is 22.9 Å². The summed E-state index contributed by atoms with van der Waals surface area (Å²) in [5, 5.41) is 10.6. The van der Waals surface area contributed by atoms with Crippen molar-refractivity contribution < 1.29 is 14.6 Å². The van der Waals surface area contributed by atoms with E-state index in [1.807, 2.05) is 29.6 Å². The van der Waals surface area contributed by atoms with E-state index < -0.39 is 6.09 Å². The van der Waals surface area contributed by atoms with Crippen molar-refractivity contribution in [2.24, 2.45) is 0 Å². The topological polar surface area (TPSA) is 49.8 Å². The number of aliphatic hydroxyl groups is 1. The van der Waals surface area contributed by atoms with Gasteiger partial charge in [-0.25, -0.2) is 4.79 Å². The molecule has 0 aliphatic rings. The number of hydrogen-bond acceptors (Lipinski definition) is 4. The number of hydrogen-bond donors (Lipinski definition) is 1. The summed E-state index contributed by atoms with van der Waals surface area (Å²) in [5.41, 5.74) is 0.842. The predicted molar refractivity (Wildman–Crippen MR) is 82.2 cm³/mol. The number of rotatable bonds is 3. The standard InChI is InChI=1S/C16H15NO3S/c1-17(16(19)20-14-7-3-2-4-8-14)11-15-10-13(12-21-15)6-5-9-18/h2-4,7-8,10,12,18H,9,11H2,1H3. The molecule has 0 atom stereocenters. The second kappa shape index (κ2) is 7.48. The average Bonchev–Trinajstić information content (AvgIpc) is 2.93. The molecule has 2 aromatic rings. The molecule has 21 heavy (non-hydrogen) atoms. The fraction of sp³-hybridized carbons (Fsp3) is 0.188. The van der Waals surface area contributed by atoms with Gasteiger partial charge in [-0.05, 0) is 18.2 Å². The van der Waals surface area contributed by atoms with Crippen molar-refractivity contribution in [3.63, 3.8) is 0 Å². The third-order valence-electron chi connectivity index (χ3n) is 2.62. The van der Waals surface area contributed by atoms with Crippen LogP contribution in [0.25, 0.3) is 0 Å². The number of aliphatic hydroxyl groups excluding tert-OH is 1. The highest BCUT2D eigenvalue weighted by atomic mass is 32.1. The quantitative estimate of drug-likeness (QED) is 0.887. The molecule has 0 saturated heterocycles. The molecule has 0 fully saturated rings. The van der Waals surface area contributed by atoms with Crippen LogP contribution in [0.15, 0.2) is 41.8 Å². The molecule has 0 aliphatic carbocycles. The Morgan fingerprint density at radius 2 is 2.14 bits per heavy atom. The lowest BCUT2D eigenvalue weighted by atomic mass is 10.3. The Balaban J connectivity index is 1.93. The second-order valence-corrected chi connectivity index (χ2v) is 5.29. The zero-order valence-electron chi connectivity index (χ0n) is 11.6. The molecule has 4 nitrogen and oxygen atoms in total. The van der Waals surface area contributed by atoms with Gasteiger partial charge in [-0.15, -0.1) is 11.3 Å². The van der Waals surface area contributed by atoms with Crippen LogP contribution in [0.3, 0.4) is 0 Å². The Bertz CT molecular complexity index is 655. The van der Waals surface area contributed by atoms with Crippen molar-refractivity contribution >= 4 is 17.4 Å². The van der Waals surface area contributed by atoms with Gasteiger partial charge < -0.3 is 14.7 Å². The van der Waals surface area contributed by atoms with Crippen LogP contribution < -0.4 is 4.74 Å². The van der Waals surface area contributed by atoms with Crippen molar-refractivity contribution in [3.8, 4) is 17.6 Å². The molecule has 1 heterocycles. The van der Waals surface area contributed by atoms with E-state index in [0.717, 1.165) is 10.4 Å². The van der Waals surface area contributed by atoms with Gasteiger partial charge in [0.15, 0.2) is 0 Å². The molecular formula is C16H15NO3S. The van der Waals surface area contributed by atoms with Gasteiger partial charge in [0.25, 0.3) is 0 Å². The normalized spacial score (nSPS) is 9.62. The van der Waals surface area contributed by atoms with E-state index in [1.165, 1.54) is 16.2 Å². The van der Waals surface area contributed by atoms with Crippen molar-refractivity contribution in [3.05, 3.63) is 52.2 Å². The molecular weight excluding hydrogens is 286 g/mol. The van der Waals surface area contributed by atoms with E-state index in [2.05, 4.69) is 11.8 Å². The van der Waals surface area contributed by atoms with Crippen LogP contribution in [0.2, 0.25) is 0 Å². The number of thiophene rings is 1. The molecule has 1 amide bonds. The SMILES string of the molecule is CN(Cc1cc(C#CCO)cs1)C(=O)Oc1ccccc1. The summed E-state index contributed by atoms with van der Waals surface area (Å²) in [7, 11) is 1.68. The number of benzene rings is 1. The minimum Gasteiger partial charge on any atom is -0.410 e. The van der Waals surface area contributed by atoms with Crippen LogP contribution in [0, 0.1) is 11.8 Å². The Morgan fingerprint density at radius 1 is 1.38 bits per heavy atom. The van der Waals surface area contributed by atoms with Crippen molar-refractivity contribution in [2.45, 2.75) is 6.54 Å². The minimum absolute atomic E-state index is 0.158. The highest BCUT2D eigenvalue weighted by molar-refractivity contribution is 7.10. The lowest BCUT2D eigenvalue weighted by Crippen LogP contribution is -2.28. The molecule has 108 valence electrons. The molecule has 0 bridgehead atoms. The van der Waals surface area contributed by atoms with E-state index in [-0.39, 0.29) is 6.61 Å². The van der Waals surface area contributed by atoms with Gasteiger partial charge in [-0.1, -0.05) is 30.0 Å². The Labute approximate surface area is 127 Å². The highest BCUT2D eigenvalue weighted by Crippen LogP contribution is 2.17. The van der Waals surface area contributed by atoms with E-state index in [0.29, 0.717) is 12.3 Å². The maximum Gasteiger partial charge on any atom is 0.415 e. The molecule has 0 saturated carbocycles. The fourth-order valence-corrected chi connectivity index (χ4v) is 2.50. The minimum atomic E-state index is -0.405. The van der Waals surface area contributed by atoms with Crippen molar-refractivity contribution in [1.82, 2.24) is 4.90 Å². The number of carbonyl (C=O) groups excluding carboxylic acids is 1. The van der Waals surface area contributed by atoms with E-state index in [1.54, 1.807) is 19.2 Å². The van der Waals surface area contributed by atoms with Gasteiger partial charge in [0.1, 0.15) is 12.4 Å². The molecule has 1 aromatic carbocycles. The first-order chi connectivity index (χ1) is 10.2. The molecule has 0 spiro atoms. The monoisotopic (exact) mass is 301 g/mol. The molecule has 0 unspecified atom stereocenters. The predicted octanol–water partition coefficient (Wildman–Crippen LogP) is 2.72. The van der Waals surface area contributed by atoms with E-state index in [9.17, 15) is 4.79 Å². The van der Waals surface area contributed by atoms with Gasteiger partial charge in [-0.3, -0.25) is 0 Å². The number of ether oxygens (including phenoxy) is 1. The summed E-state index contributed by atoms with van der Waals surface area (Å²) in [6.45, 7) is 0.297. The van der Waals surface area contributed by atoms with Crippen molar-refractivity contribution in [2.75, 3.05) is 13.7 Å². The van der Waals surface area contributed by atoms with Crippen LogP contribution >= 0.6 is 11.3 Å². The van der Waals surface area contributed by atoms with Gasteiger partial charge in [0.05, 0.1) is 6.54 Å². The van der Waals surface area contributed by atoms with E-state index in [4.69, 9.17) is 9.84 Å². The Hall–Kier alpha value is -2.29. The van der Waals surface area contributed by atoms with Crippen molar-refractivity contribution in [1.29, 1.82) is 0 Å². The first-order valence-electron chi connectivity index (χ1n) is 6.34. The third kappa shape index (κ3) is 4.63. The fourth-order valence-electron chi connectivity index (χ4n) is 1.64. The largest absolute Gasteiger partial charge is 0.415 e. The lowest BCUT2D eigenvalue weighted by Gasteiger charge is -2.15. The van der Waals surface area contributed by atoms with E-state index >= 15 is 0 Å². The summed E-state index contributed by atoms with van der Waals surface area (Å²) >= 11 is 1.52. The Kier molecular flexibility index (Phi) is 5.38. The van der Waals surface area contributed by atoms with Gasteiger partial charge in [-0.2, -0.15) is 0 Å². The summed E-state index contributed by atoms with van der Waals surface area (Å²) in [6.07, 6.45) is -0.405. The molecule has 1 aromatic heterocycles. The summed E-state index contributed by atoms with van der Waals surface area (Å²) in [5.74, 6) is 5.95. The molecule has 0 radical (unpaired) electrons. The van der Waals surface area contributed by atoms with Crippen LogP contribution in [-0.4, -0.2) is 29.8 Å². The molecule has 0 aliphatic heterocycles. The maximum atomic E-state index is 11.9. The molecule has 5 heteroatoms. The first-order valence-corrected chi connectivity index (χ1v) is 7.22. The maximum absolute atomic E-state index is 11.9. The number of carbonyl (C=O) groups is 1. The average molecular weight is 301 g/mol. The molecule has 2 rings (SSSR count). The summed E-state index contributed by atoms with van der Waals surface area (Å²) in [6, 6.07) is 10.9. The lowest BCUT2D eigenvalue weighted by molar-refractivity contribution is 0.161. The van der Waals surface area contributed by atoms with Crippen LogP contribution in [0.4, 0.5) is 4.79 Å². The summed E-state index contributed by atoms with van der Waals surface area (Å²) in [4.78, 5) is 14.4. The number of para-hydroxylation sites is 1. The Morgan fingerprint density at radius 3 is 2.86 bits per heavy atom. The zero-order chi connectivity index (χ0) is 15.1. The van der Waals surface area contributed by atoms with Crippen LogP contribution in [-0.2, 0) is 6.54 Å². The summed E-state index contributed by atoms with van der Waals surface area (Å²) < 4.78 is 5.25. The molecule has 1 N–H and O–H groups in total. The zero-order valence-corrected chi connectivity index (χ0v) is 12.4.